The van der Waals surface area contributed by atoms with Crippen LogP contribution in [0, 0.1) is 12.8 Å². The molecule has 4 nitrogen and oxygen atoms in total. The second-order valence-corrected chi connectivity index (χ2v) is 8.24. The molecular formula is C14H17ClN2O2S. The van der Waals surface area contributed by atoms with Crippen molar-refractivity contribution in [1.29, 1.82) is 0 Å². The van der Waals surface area contributed by atoms with Crippen LogP contribution in [0.2, 0.25) is 0 Å². The minimum absolute atomic E-state index is 0.182. The van der Waals surface area contributed by atoms with Crippen LogP contribution in [0.3, 0.4) is 0 Å². The van der Waals surface area contributed by atoms with Gasteiger partial charge in [0.1, 0.15) is 0 Å². The number of hydrogen-bond donors (Lipinski definition) is 1. The fraction of sp³-hybridized carbons (Fsp3) is 0.500. The lowest BCUT2D eigenvalue weighted by molar-refractivity contribution is 0.582. The first-order valence-corrected chi connectivity index (χ1v) is 8.58. The van der Waals surface area contributed by atoms with Crippen molar-refractivity contribution in [2.75, 3.05) is 0 Å². The summed E-state index contributed by atoms with van der Waals surface area (Å²) in [5, 5.41) is 4.12. The quantitative estimate of drug-likeness (QED) is 0.689. The van der Waals surface area contributed by atoms with Gasteiger partial charge in [0.2, 0.25) is 0 Å². The number of benzene rings is 1. The Morgan fingerprint density at radius 1 is 1.35 bits per heavy atom. The lowest BCUT2D eigenvalue weighted by Gasteiger charge is -2.18. The third kappa shape index (κ3) is 2.56. The molecule has 1 aromatic rings. The average Bonchev–Trinajstić information content (AvgIpc) is 2.92. The zero-order valence-electron chi connectivity index (χ0n) is 11.3. The molecule has 1 N–H and O–H groups in total. The van der Waals surface area contributed by atoms with E-state index in [0.29, 0.717) is 12.3 Å². The molecule has 2 atom stereocenters. The molecule has 2 aliphatic carbocycles. The van der Waals surface area contributed by atoms with Crippen molar-refractivity contribution in [2.24, 2.45) is 11.0 Å². The molecule has 0 aromatic heterocycles. The Balaban J connectivity index is 1.76. The summed E-state index contributed by atoms with van der Waals surface area (Å²) in [6.07, 6.45) is 3.62. The van der Waals surface area contributed by atoms with Crippen LogP contribution in [0.15, 0.2) is 34.3 Å². The Kier molecular flexibility index (Phi) is 3.29. The predicted molar refractivity (Wildman–Crippen MR) is 79.5 cm³/mol. The summed E-state index contributed by atoms with van der Waals surface area (Å²) >= 11 is 6.42. The minimum Gasteiger partial charge on any atom is -0.200 e. The molecule has 1 aromatic carbocycles. The summed E-state index contributed by atoms with van der Waals surface area (Å²) < 4.78 is 24.3. The molecule has 2 unspecified atom stereocenters. The van der Waals surface area contributed by atoms with Gasteiger partial charge in [-0.05, 0) is 38.3 Å². The fourth-order valence-electron chi connectivity index (χ4n) is 3.01. The van der Waals surface area contributed by atoms with Crippen LogP contribution in [0.4, 0.5) is 0 Å². The van der Waals surface area contributed by atoms with Crippen LogP contribution in [0.5, 0.6) is 0 Å². The monoisotopic (exact) mass is 312 g/mol. The largest absolute Gasteiger partial charge is 0.276 e. The van der Waals surface area contributed by atoms with E-state index in [1.54, 1.807) is 24.3 Å². The minimum atomic E-state index is -3.58. The predicted octanol–water partition coefficient (Wildman–Crippen LogP) is 2.81. The van der Waals surface area contributed by atoms with Gasteiger partial charge in [0, 0.05) is 18.1 Å². The standard InChI is InChI=1S/C14H17ClN2O2S/c1-10-2-4-12(5-3-10)20(18,19)17-16-13-9-14(15)7-6-11(13)8-14/h2-5,11,17H,6-9H2,1H3/b16-13-. The van der Waals surface area contributed by atoms with Gasteiger partial charge in [0.25, 0.3) is 10.0 Å². The van der Waals surface area contributed by atoms with E-state index in [1.165, 1.54) is 0 Å². The van der Waals surface area contributed by atoms with Gasteiger partial charge in [0.05, 0.1) is 9.77 Å². The highest BCUT2D eigenvalue weighted by molar-refractivity contribution is 7.89. The van der Waals surface area contributed by atoms with E-state index >= 15 is 0 Å². The van der Waals surface area contributed by atoms with Gasteiger partial charge in [-0.2, -0.15) is 13.5 Å². The Bertz CT molecular complexity index is 654. The number of nitrogens with one attached hydrogen (secondary N) is 1. The second-order valence-electron chi connectivity index (χ2n) is 5.78. The van der Waals surface area contributed by atoms with E-state index < -0.39 is 10.0 Å². The van der Waals surface area contributed by atoms with Crippen molar-refractivity contribution >= 4 is 27.3 Å². The summed E-state index contributed by atoms with van der Waals surface area (Å²) in [5.74, 6) is 0.341. The Hall–Kier alpha value is -1.07. The summed E-state index contributed by atoms with van der Waals surface area (Å²) in [6, 6.07) is 6.71. The zero-order chi connectivity index (χ0) is 14.4. The zero-order valence-corrected chi connectivity index (χ0v) is 12.8. The molecule has 2 bridgehead atoms. The van der Waals surface area contributed by atoms with Gasteiger partial charge in [-0.3, -0.25) is 0 Å². The van der Waals surface area contributed by atoms with Crippen LogP contribution in [0.1, 0.15) is 31.2 Å². The number of sulfonamides is 1. The number of hydrazone groups is 1. The maximum absolute atomic E-state index is 12.1. The molecule has 108 valence electrons. The Labute approximate surface area is 124 Å². The molecule has 2 fully saturated rings. The summed E-state index contributed by atoms with van der Waals surface area (Å²) in [7, 11) is -3.58. The van der Waals surface area contributed by atoms with Crippen molar-refractivity contribution in [3.8, 4) is 0 Å². The van der Waals surface area contributed by atoms with Crippen LogP contribution in [-0.4, -0.2) is 19.0 Å². The maximum Gasteiger partial charge on any atom is 0.276 e. The van der Waals surface area contributed by atoms with Crippen molar-refractivity contribution in [3.63, 3.8) is 0 Å². The van der Waals surface area contributed by atoms with Crippen LogP contribution < -0.4 is 4.83 Å². The van der Waals surface area contributed by atoms with Gasteiger partial charge in [-0.15, -0.1) is 11.6 Å². The highest BCUT2D eigenvalue weighted by atomic mass is 35.5. The van der Waals surface area contributed by atoms with Crippen molar-refractivity contribution in [3.05, 3.63) is 29.8 Å². The number of halogens is 1. The van der Waals surface area contributed by atoms with E-state index in [-0.39, 0.29) is 9.77 Å². The lowest BCUT2D eigenvalue weighted by Crippen LogP contribution is -2.24. The molecule has 2 aliphatic rings. The fourth-order valence-corrected chi connectivity index (χ4v) is 4.28. The molecule has 0 radical (unpaired) electrons. The highest BCUT2D eigenvalue weighted by Gasteiger charge is 2.47. The van der Waals surface area contributed by atoms with E-state index in [9.17, 15) is 8.42 Å². The summed E-state index contributed by atoms with van der Waals surface area (Å²) in [4.78, 5) is 2.39. The highest BCUT2D eigenvalue weighted by Crippen LogP contribution is 2.50. The molecule has 2 saturated carbocycles. The van der Waals surface area contributed by atoms with E-state index in [0.717, 1.165) is 30.5 Å². The number of nitrogens with zero attached hydrogens (tertiary/aromatic N) is 1. The molecule has 0 spiro atoms. The topological polar surface area (TPSA) is 58.5 Å². The molecule has 3 rings (SSSR count). The first-order chi connectivity index (χ1) is 9.38. The van der Waals surface area contributed by atoms with E-state index in [4.69, 9.17) is 11.6 Å². The molecule has 6 heteroatoms. The van der Waals surface area contributed by atoms with Crippen molar-refractivity contribution < 1.29 is 8.42 Å². The first kappa shape index (κ1) is 13.9. The number of aryl methyl sites for hydroxylation is 1. The molecule has 20 heavy (non-hydrogen) atoms. The van der Waals surface area contributed by atoms with Gasteiger partial charge < -0.3 is 0 Å². The summed E-state index contributed by atoms with van der Waals surface area (Å²) in [5.41, 5.74) is 1.91. The van der Waals surface area contributed by atoms with Gasteiger partial charge in [-0.1, -0.05) is 17.7 Å². The first-order valence-electron chi connectivity index (χ1n) is 6.72. The second kappa shape index (κ2) is 4.74. The van der Waals surface area contributed by atoms with Gasteiger partial charge >= 0.3 is 0 Å². The number of fused-ring (bicyclic) bond motifs is 2. The summed E-state index contributed by atoms with van der Waals surface area (Å²) in [6.45, 7) is 1.92. The van der Waals surface area contributed by atoms with Crippen LogP contribution in [-0.2, 0) is 10.0 Å². The number of hydrogen-bond acceptors (Lipinski definition) is 3. The number of rotatable bonds is 3. The Morgan fingerprint density at radius 2 is 2.05 bits per heavy atom. The van der Waals surface area contributed by atoms with Crippen molar-refractivity contribution in [2.45, 2.75) is 42.4 Å². The average molecular weight is 313 g/mol. The molecule has 0 aliphatic heterocycles. The van der Waals surface area contributed by atoms with E-state index in [1.807, 2.05) is 6.92 Å². The molecular weight excluding hydrogens is 296 g/mol. The van der Waals surface area contributed by atoms with Crippen LogP contribution in [0.25, 0.3) is 0 Å². The SMILES string of the molecule is Cc1ccc(S(=O)(=O)N/N=C2/CC3(Cl)CCC2C3)cc1. The lowest BCUT2D eigenvalue weighted by atomic mass is 9.98. The maximum atomic E-state index is 12.1. The van der Waals surface area contributed by atoms with E-state index in [2.05, 4.69) is 9.93 Å². The Morgan fingerprint density at radius 3 is 2.60 bits per heavy atom. The van der Waals surface area contributed by atoms with Gasteiger partial charge in [-0.25, -0.2) is 4.83 Å². The third-order valence-corrected chi connectivity index (χ3v) is 5.86. The van der Waals surface area contributed by atoms with Gasteiger partial charge in [0.15, 0.2) is 0 Å². The third-order valence-electron chi connectivity index (χ3n) is 4.16. The molecule has 0 saturated heterocycles. The number of alkyl halides is 1. The molecule has 0 heterocycles. The van der Waals surface area contributed by atoms with Crippen LogP contribution >= 0.6 is 11.6 Å². The smallest absolute Gasteiger partial charge is 0.200 e. The van der Waals surface area contributed by atoms with Crippen molar-refractivity contribution in [1.82, 2.24) is 4.83 Å². The molecule has 0 amide bonds. The normalized spacial score (nSPS) is 30.9.